The van der Waals surface area contributed by atoms with Gasteiger partial charge in [-0.2, -0.15) is 0 Å². The molecule has 0 aliphatic carbocycles. The zero-order chi connectivity index (χ0) is 23.3. The fourth-order valence-corrected chi connectivity index (χ4v) is 5.37. The van der Waals surface area contributed by atoms with Crippen molar-refractivity contribution in [3.63, 3.8) is 0 Å². The molecule has 1 saturated heterocycles. The van der Waals surface area contributed by atoms with Crippen LogP contribution in [0.15, 0.2) is 71.6 Å². The van der Waals surface area contributed by atoms with Crippen LogP contribution in [0.1, 0.15) is 0 Å². The third-order valence-electron chi connectivity index (χ3n) is 5.57. The number of thiophene rings is 1. The van der Waals surface area contributed by atoms with Crippen LogP contribution in [0.4, 0.5) is 0 Å². The predicted octanol–water partition coefficient (Wildman–Crippen LogP) is 6.55. The molecule has 0 saturated carbocycles. The van der Waals surface area contributed by atoms with Crippen molar-refractivity contribution in [3.8, 4) is 33.4 Å². The van der Waals surface area contributed by atoms with Gasteiger partial charge in [-0.1, -0.05) is 18.2 Å². The maximum atomic E-state index is 10.4. The molecule has 184 valence electrons. The van der Waals surface area contributed by atoms with E-state index in [9.17, 15) is 10.2 Å². The first-order valence-corrected chi connectivity index (χ1v) is 12.6. The second kappa shape index (κ2) is 12.0. The number of nitrogens with zero attached hydrogens (tertiary/aromatic N) is 1. The molecular formula is C26H26ClNO5S2. The SMILES string of the molecule is Cl.Oc1cc(O)c(-c2cc3ccccc3s2)cc1Oc1ccc(SOCCN2CCOCC2)cc1. The van der Waals surface area contributed by atoms with Gasteiger partial charge >= 0.3 is 0 Å². The molecule has 35 heavy (non-hydrogen) atoms. The van der Waals surface area contributed by atoms with Crippen molar-refractivity contribution >= 4 is 45.9 Å². The molecule has 2 heterocycles. The molecule has 6 nitrogen and oxygen atoms in total. The van der Waals surface area contributed by atoms with Crippen molar-refractivity contribution in [2.75, 3.05) is 39.5 Å². The Labute approximate surface area is 218 Å². The normalized spacial score (nSPS) is 14.1. The number of phenols is 2. The molecule has 0 radical (unpaired) electrons. The Morgan fingerprint density at radius 2 is 1.71 bits per heavy atom. The van der Waals surface area contributed by atoms with Gasteiger partial charge in [-0.25, -0.2) is 0 Å². The van der Waals surface area contributed by atoms with Crippen LogP contribution in [0.25, 0.3) is 20.5 Å². The minimum Gasteiger partial charge on any atom is -0.507 e. The summed E-state index contributed by atoms with van der Waals surface area (Å²) in [6, 6.07) is 20.6. The smallest absolute Gasteiger partial charge is 0.169 e. The molecule has 1 fully saturated rings. The van der Waals surface area contributed by atoms with Crippen LogP contribution >= 0.6 is 35.8 Å². The third-order valence-corrected chi connectivity index (χ3v) is 7.47. The number of benzene rings is 3. The first-order chi connectivity index (χ1) is 16.7. The standard InChI is InChI=1S/C26H25NO5S2.ClH/c28-22-17-23(29)24(16-21(22)26-15-18-3-1-2-4-25(18)33-26)32-19-5-7-20(8-6-19)34-31-14-11-27-9-12-30-13-10-27;/h1-8,15-17,28-29H,9-14H2;1H. The van der Waals surface area contributed by atoms with Crippen LogP contribution in [0, 0.1) is 0 Å². The van der Waals surface area contributed by atoms with Gasteiger partial charge in [-0.3, -0.25) is 4.90 Å². The maximum absolute atomic E-state index is 10.4. The monoisotopic (exact) mass is 531 g/mol. The molecule has 0 amide bonds. The van der Waals surface area contributed by atoms with E-state index in [-0.39, 0.29) is 29.7 Å². The Morgan fingerprint density at radius 3 is 2.49 bits per heavy atom. The molecule has 5 rings (SSSR count). The number of hydrogen-bond donors (Lipinski definition) is 2. The molecule has 0 bridgehead atoms. The number of ether oxygens (including phenoxy) is 2. The average Bonchev–Trinajstić information content (AvgIpc) is 3.29. The van der Waals surface area contributed by atoms with Crippen LogP contribution in [-0.4, -0.2) is 54.6 Å². The van der Waals surface area contributed by atoms with Gasteiger partial charge in [0.2, 0.25) is 0 Å². The number of morpholine rings is 1. The molecule has 2 N–H and O–H groups in total. The minimum absolute atomic E-state index is 0. The second-order valence-electron chi connectivity index (χ2n) is 7.92. The van der Waals surface area contributed by atoms with E-state index < -0.39 is 0 Å². The zero-order valence-electron chi connectivity index (χ0n) is 18.9. The lowest BCUT2D eigenvalue weighted by molar-refractivity contribution is 0.0333. The summed E-state index contributed by atoms with van der Waals surface area (Å²) < 4.78 is 18.2. The summed E-state index contributed by atoms with van der Waals surface area (Å²) >= 11 is 2.92. The summed E-state index contributed by atoms with van der Waals surface area (Å²) in [7, 11) is 0. The average molecular weight is 532 g/mol. The molecule has 3 aromatic carbocycles. The largest absolute Gasteiger partial charge is 0.507 e. The molecule has 1 aromatic heterocycles. The van der Waals surface area contributed by atoms with Crippen molar-refractivity contribution in [1.82, 2.24) is 4.90 Å². The number of hydrogen-bond acceptors (Lipinski definition) is 8. The summed E-state index contributed by atoms with van der Waals surface area (Å²) in [5.74, 6) is 0.762. The number of fused-ring (bicyclic) bond motifs is 1. The van der Waals surface area contributed by atoms with Gasteiger partial charge in [0.25, 0.3) is 0 Å². The van der Waals surface area contributed by atoms with E-state index in [2.05, 4.69) is 4.90 Å². The summed E-state index contributed by atoms with van der Waals surface area (Å²) in [6.45, 7) is 5.02. The summed E-state index contributed by atoms with van der Waals surface area (Å²) in [4.78, 5) is 4.21. The molecule has 9 heteroatoms. The Morgan fingerprint density at radius 1 is 0.943 bits per heavy atom. The Bertz CT molecular complexity index is 1230. The van der Waals surface area contributed by atoms with E-state index in [0.717, 1.165) is 52.7 Å². The third kappa shape index (κ3) is 6.41. The van der Waals surface area contributed by atoms with Crippen molar-refractivity contribution in [2.45, 2.75) is 4.90 Å². The first kappa shape index (κ1) is 25.6. The van der Waals surface area contributed by atoms with Crippen molar-refractivity contribution in [1.29, 1.82) is 0 Å². The number of rotatable bonds is 8. The van der Waals surface area contributed by atoms with Crippen molar-refractivity contribution in [2.24, 2.45) is 0 Å². The highest BCUT2D eigenvalue weighted by Gasteiger charge is 2.15. The fourth-order valence-electron chi connectivity index (χ4n) is 3.74. The Balaban J connectivity index is 0.00000289. The van der Waals surface area contributed by atoms with E-state index in [4.69, 9.17) is 13.7 Å². The highest BCUT2D eigenvalue weighted by atomic mass is 35.5. The van der Waals surface area contributed by atoms with E-state index in [0.29, 0.717) is 17.9 Å². The lowest BCUT2D eigenvalue weighted by Gasteiger charge is -2.26. The molecular weight excluding hydrogens is 506 g/mol. The van der Waals surface area contributed by atoms with E-state index >= 15 is 0 Å². The second-order valence-corrected chi connectivity index (χ2v) is 9.88. The highest BCUT2D eigenvalue weighted by Crippen LogP contribution is 2.44. The molecule has 4 aromatic rings. The molecule has 1 aliphatic heterocycles. The Hall–Kier alpha value is -2.46. The lowest BCUT2D eigenvalue weighted by Crippen LogP contribution is -2.38. The Kier molecular flexibility index (Phi) is 8.78. The van der Waals surface area contributed by atoms with Gasteiger partial charge < -0.3 is 23.9 Å². The van der Waals surface area contributed by atoms with E-state index in [1.165, 1.54) is 18.1 Å². The number of halogens is 1. The van der Waals surface area contributed by atoms with E-state index in [1.807, 2.05) is 54.6 Å². The van der Waals surface area contributed by atoms with Crippen molar-refractivity contribution in [3.05, 3.63) is 66.7 Å². The van der Waals surface area contributed by atoms with Crippen LogP contribution in [0.5, 0.6) is 23.0 Å². The van der Waals surface area contributed by atoms with Crippen LogP contribution < -0.4 is 4.74 Å². The van der Waals surface area contributed by atoms with Gasteiger partial charge in [0.1, 0.15) is 11.5 Å². The highest BCUT2D eigenvalue weighted by molar-refractivity contribution is 7.94. The number of aromatic hydroxyl groups is 2. The van der Waals surface area contributed by atoms with Crippen molar-refractivity contribution < 1.29 is 23.9 Å². The zero-order valence-corrected chi connectivity index (χ0v) is 21.3. The lowest BCUT2D eigenvalue weighted by atomic mass is 10.1. The fraction of sp³-hybridized carbons (Fsp3) is 0.231. The van der Waals surface area contributed by atoms with Gasteiger partial charge in [0.15, 0.2) is 11.5 Å². The van der Waals surface area contributed by atoms with Crippen LogP contribution in [-0.2, 0) is 8.92 Å². The predicted molar refractivity (Wildman–Crippen MR) is 143 cm³/mol. The summed E-state index contributed by atoms with van der Waals surface area (Å²) in [6.07, 6.45) is 0. The van der Waals surface area contributed by atoms with Gasteiger partial charge in [0, 0.05) is 57.8 Å². The molecule has 0 spiro atoms. The van der Waals surface area contributed by atoms with Gasteiger partial charge in [0.05, 0.1) is 19.8 Å². The topological polar surface area (TPSA) is 71.4 Å². The van der Waals surface area contributed by atoms with Gasteiger partial charge in [-0.15, -0.1) is 23.7 Å². The van der Waals surface area contributed by atoms with Crippen LogP contribution in [0.3, 0.4) is 0 Å². The molecule has 1 aliphatic rings. The molecule has 0 unspecified atom stereocenters. The van der Waals surface area contributed by atoms with Crippen LogP contribution in [0.2, 0.25) is 0 Å². The summed E-state index contributed by atoms with van der Waals surface area (Å²) in [5.41, 5.74) is 0.620. The van der Waals surface area contributed by atoms with Gasteiger partial charge in [-0.05, 0) is 47.9 Å². The van der Waals surface area contributed by atoms with E-state index in [1.54, 1.807) is 17.4 Å². The maximum Gasteiger partial charge on any atom is 0.169 e. The minimum atomic E-state index is -0.118. The quantitative estimate of drug-likeness (QED) is 0.197. The summed E-state index contributed by atoms with van der Waals surface area (Å²) in [5, 5.41) is 21.9. The first-order valence-electron chi connectivity index (χ1n) is 11.1. The molecule has 0 atom stereocenters. The number of phenolic OH excluding ortho intramolecular Hbond substituents is 2.